The molecule has 0 saturated heterocycles. The molecule has 0 aliphatic heterocycles. The molecule has 0 aromatic heterocycles. The van der Waals surface area contributed by atoms with Gasteiger partial charge in [-0.05, 0) is 35.9 Å². The quantitative estimate of drug-likeness (QED) is 0.440. The number of halogens is 1. The third-order valence-electron chi connectivity index (χ3n) is 4.00. The van der Waals surface area contributed by atoms with Crippen molar-refractivity contribution < 1.29 is 19.0 Å². The number of nitrogen functional groups attached to an aromatic ring is 1. The zero-order valence-corrected chi connectivity index (χ0v) is 16.8. The number of allylic oxidation sites excluding steroid dienone is 1. The van der Waals surface area contributed by atoms with Gasteiger partial charge in [0, 0.05) is 14.1 Å². The Morgan fingerprint density at radius 2 is 1.70 bits per heavy atom. The fraction of sp³-hybridized carbons (Fsp3) is 0.250. The molecule has 2 aromatic rings. The van der Waals surface area contributed by atoms with Crippen LogP contribution >= 0.6 is 11.6 Å². The van der Waals surface area contributed by atoms with E-state index in [1.54, 1.807) is 30.3 Å². The number of ether oxygens (including phenoxy) is 3. The maximum absolute atomic E-state index is 12.9. The highest BCUT2D eigenvalue weighted by Crippen LogP contribution is 2.41. The molecule has 0 saturated carbocycles. The summed E-state index contributed by atoms with van der Waals surface area (Å²) in [4.78, 5) is 14.8. The topological polar surface area (TPSA) is 74.0 Å². The summed E-state index contributed by atoms with van der Waals surface area (Å²) in [6.07, 6.45) is 1.59. The number of hydrogen-bond acceptors (Lipinski definition) is 6. The summed E-state index contributed by atoms with van der Waals surface area (Å²) >= 11 is 6.31. The number of carbonyl (C=O) groups excluding carboxylic acids is 1. The van der Waals surface area contributed by atoms with E-state index < -0.39 is 5.78 Å². The smallest absolute Gasteiger partial charge is 0.208 e. The average molecular weight is 391 g/mol. The maximum atomic E-state index is 12.9. The van der Waals surface area contributed by atoms with Crippen LogP contribution < -0.4 is 24.8 Å². The van der Waals surface area contributed by atoms with Crippen LogP contribution in [-0.2, 0) is 0 Å². The Balaban J connectivity index is 2.46. The first kappa shape index (κ1) is 20.5. The number of benzene rings is 2. The first-order valence-corrected chi connectivity index (χ1v) is 8.49. The Morgan fingerprint density at radius 1 is 1.04 bits per heavy atom. The lowest BCUT2D eigenvalue weighted by Crippen LogP contribution is -2.11. The van der Waals surface area contributed by atoms with Crippen molar-refractivity contribution in [2.24, 2.45) is 0 Å². The third kappa shape index (κ3) is 4.28. The highest BCUT2D eigenvalue weighted by atomic mass is 35.5. The highest BCUT2D eigenvalue weighted by molar-refractivity contribution is 6.47. The molecule has 0 fully saturated rings. The summed E-state index contributed by atoms with van der Waals surface area (Å²) in [5.41, 5.74) is 8.47. The number of nitrogens with zero attached hydrogens (tertiary/aromatic N) is 1. The molecule has 0 atom stereocenters. The monoisotopic (exact) mass is 390 g/mol. The van der Waals surface area contributed by atoms with Crippen LogP contribution in [-0.4, -0.2) is 41.2 Å². The van der Waals surface area contributed by atoms with Gasteiger partial charge in [-0.3, -0.25) is 4.79 Å². The molecule has 144 valence electrons. The van der Waals surface area contributed by atoms with Gasteiger partial charge in [-0.2, -0.15) is 0 Å². The Labute approximate surface area is 164 Å². The molecule has 0 amide bonds. The molecule has 2 rings (SSSR count). The second kappa shape index (κ2) is 8.68. The predicted octanol–water partition coefficient (Wildman–Crippen LogP) is 3.82. The highest BCUT2D eigenvalue weighted by Gasteiger charge is 2.22. The lowest BCUT2D eigenvalue weighted by Gasteiger charge is -2.16. The van der Waals surface area contributed by atoms with Gasteiger partial charge in [-0.15, -0.1) is 0 Å². The van der Waals surface area contributed by atoms with Crippen LogP contribution in [0, 0.1) is 0 Å². The van der Waals surface area contributed by atoms with Crippen LogP contribution in [0.25, 0.3) is 6.08 Å². The number of ketones is 1. The van der Waals surface area contributed by atoms with Crippen molar-refractivity contribution in [3.63, 3.8) is 0 Å². The van der Waals surface area contributed by atoms with Crippen LogP contribution in [0.1, 0.15) is 15.9 Å². The van der Waals surface area contributed by atoms with Crippen LogP contribution in [0.4, 0.5) is 11.4 Å². The number of methoxy groups -OCH3 is 3. The van der Waals surface area contributed by atoms with Crippen molar-refractivity contribution in [1.29, 1.82) is 0 Å². The minimum atomic E-state index is -0.391. The van der Waals surface area contributed by atoms with Gasteiger partial charge < -0.3 is 24.8 Å². The normalized spacial score (nSPS) is 11.1. The van der Waals surface area contributed by atoms with Gasteiger partial charge in [0.1, 0.15) is 0 Å². The molecular weight excluding hydrogens is 368 g/mol. The van der Waals surface area contributed by atoms with Crippen LogP contribution in [0.3, 0.4) is 0 Å². The summed E-state index contributed by atoms with van der Waals surface area (Å²) < 4.78 is 15.9. The Morgan fingerprint density at radius 3 is 2.26 bits per heavy atom. The molecule has 0 aliphatic carbocycles. The maximum Gasteiger partial charge on any atom is 0.208 e. The first-order chi connectivity index (χ1) is 12.8. The van der Waals surface area contributed by atoms with Crippen molar-refractivity contribution in [2.75, 3.05) is 46.1 Å². The van der Waals surface area contributed by atoms with Gasteiger partial charge in [-0.25, -0.2) is 0 Å². The van der Waals surface area contributed by atoms with Gasteiger partial charge >= 0.3 is 0 Å². The Hall–Kier alpha value is -2.86. The molecule has 0 bridgehead atoms. The molecule has 0 spiro atoms. The standard InChI is InChI=1S/C20H23ClN2O4/c1-23(2)16-11-12(6-8-15(16)22)10-14(21)18(24)13-7-9-17(25-3)20(27-5)19(13)26-4/h6-11H,22H2,1-5H3. The number of rotatable bonds is 7. The van der Waals surface area contributed by atoms with Gasteiger partial charge in [0.25, 0.3) is 0 Å². The molecule has 0 unspecified atom stereocenters. The largest absolute Gasteiger partial charge is 0.493 e. The van der Waals surface area contributed by atoms with Crippen molar-refractivity contribution in [3.05, 3.63) is 46.5 Å². The minimum Gasteiger partial charge on any atom is -0.493 e. The van der Waals surface area contributed by atoms with Gasteiger partial charge in [0.05, 0.1) is 43.3 Å². The summed E-state index contributed by atoms with van der Waals surface area (Å²) in [5.74, 6) is 0.662. The summed E-state index contributed by atoms with van der Waals surface area (Å²) in [7, 11) is 8.22. The lowest BCUT2D eigenvalue weighted by molar-refractivity contribution is 0.103. The predicted molar refractivity (Wildman–Crippen MR) is 109 cm³/mol. The molecule has 2 aromatic carbocycles. The van der Waals surface area contributed by atoms with E-state index in [1.807, 2.05) is 25.1 Å². The van der Waals surface area contributed by atoms with Crippen molar-refractivity contribution in [1.82, 2.24) is 0 Å². The van der Waals surface area contributed by atoms with E-state index in [0.717, 1.165) is 11.3 Å². The summed E-state index contributed by atoms with van der Waals surface area (Å²) in [6, 6.07) is 8.65. The fourth-order valence-electron chi connectivity index (χ4n) is 2.66. The zero-order chi connectivity index (χ0) is 20.1. The van der Waals surface area contributed by atoms with E-state index in [1.165, 1.54) is 21.3 Å². The molecule has 0 radical (unpaired) electrons. The zero-order valence-electron chi connectivity index (χ0n) is 16.0. The fourth-order valence-corrected chi connectivity index (χ4v) is 2.89. The van der Waals surface area contributed by atoms with Crippen molar-refractivity contribution >= 4 is 34.8 Å². The Kier molecular flexibility index (Phi) is 6.58. The molecule has 7 heteroatoms. The molecule has 6 nitrogen and oxygen atoms in total. The number of anilines is 2. The summed E-state index contributed by atoms with van der Waals surface area (Å²) in [5, 5.41) is 0.0370. The van der Waals surface area contributed by atoms with E-state index in [4.69, 9.17) is 31.5 Å². The molecule has 0 heterocycles. The van der Waals surface area contributed by atoms with Gasteiger partial charge in [-0.1, -0.05) is 17.7 Å². The SMILES string of the molecule is COc1ccc(C(=O)C(Cl)=Cc2ccc(N)c(N(C)C)c2)c(OC)c1OC. The molecule has 27 heavy (non-hydrogen) atoms. The minimum absolute atomic E-state index is 0.0370. The second-order valence-electron chi connectivity index (χ2n) is 5.92. The number of carbonyl (C=O) groups is 1. The molecular formula is C20H23ClN2O4. The van der Waals surface area contributed by atoms with Crippen LogP contribution in [0.15, 0.2) is 35.4 Å². The number of hydrogen-bond donors (Lipinski definition) is 1. The number of Topliss-reactive ketones (excluding diaryl/α,β-unsaturated/α-hetero) is 1. The second-order valence-corrected chi connectivity index (χ2v) is 6.32. The molecule has 0 aliphatic rings. The molecule has 2 N–H and O–H groups in total. The summed E-state index contributed by atoms with van der Waals surface area (Å²) in [6.45, 7) is 0. The third-order valence-corrected chi connectivity index (χ3v) is 4.28. The number of nitrogens with two attached hydrogens (primary N) is 1. The van der Waals surface area contributed by atoms with Crippen molar-refractivity contribution in [3.8, 4) is 17.2 Å². The average Bonchev–Trinajstić information content (AvgIpc) is 2.67. The van der Waals surface area contributed by atoms with E-state index >= 15 is 0 Å². The van der Waals surface area contributed by atoms with Crippen LogP contribution in [0.5, 0.6) is 17.2 Å². The van der Waals surface area contributed by atoms with Gasteiger partial charge in [0.2, 0.25) is 11.5 Å². The first-order valence-electron chi connectivity index (χ1n) is 8.11. The van der Waals surface area contributed by atoms with Gasteiger partial charge in [0.15, 0.2) is 11.5 Å². The van der Waals surface area contributed by atoms with E-state index in [2.05, 4.69) is 0 Å². The van der Waals surface area contributed by atoms with E-state index in [9.17, 15) is 4.79 Å². The lowest BCUT2D eigenvalue weighted by atomic mass is 10.1. The van der Waals surface area contributed by atoms with E-state index in [-0.39, 0.29) is 16.3 Å². The Bertz CT molecular complexity index is 879. The van der Waals surface area contributed by atoms with Crippen molar-refractivity contribution in [2.45, 2.75) is 0 Å². The van der Waals surface area contributed by atoms with Crippen LogP contribution in [0.2, 0.25) is 0 Å². The van der Waals surface area contributed by atoms with E-state index in [0.29, 0.717) is 17.2 Å².